The molecule has 0 radical (unpaired) electrons. The van der Waals surface area contributed by atoms with E-state index in [0.29, 0.717) is 12.5 Å². The number of hydrogen-bond donors (Lipinski definition) is 0. The summed E-state index contributed by atoms with van der Waals surface area (Å²) in [4.78, 5) is 22.3. The van der Waals surface area contributed by atoms with Gasteiger partial charge in [-0.3, -0.25) is 9.69 Å². The number of aryl methyl sites for hydroxylation is 2. The first-order chi connectivity index (χ1) is 12.1. The quantitative estimate of drug-likeness (QED) is 0.843. The van der Waals surface area contributed by atoms with Crippen molar-refractivity contribution < 1.29 is 14.3 Å². The van der Waals surface area contributed by atoms with E-state index in [1.54, 1.807) is 11.3 Å². The Hall–Kier alpha value is -2.12. The smallest absolute Gasteiger partial charge is 0.273 e. The average Bonchev–Trinajstić information content (AvgIpc) is 3.20. The van der Waals surface area contributed by atoms with Gasteiger partial charge in [0, 0.05) is 37.6 Å². The number of fused-ring (bicyclic) bond motifs is 1. The number of benzene rings is 1. The number of nitrogens with zero attached hydrogens (tertiary/aromatic N) is 3. The Bertz CT molecular complexity index is 797. The number of amides is 1. The fourth-order valence-corrected chi connectivity index (χ4v) is 4.09. The van der Waals surface area contributed by atoms with Gasteiger partial charge in [0.05, 0.1) is 5.01 Å². The van der Waals surface area contributed by atoms with Gasteiger partial charge in [-0.15, -0.1) is 11.3 Å². The molecule has 1 aromatic carbocycles. The Morgan fingerprint density at radius 1 is 1.16 bits per heavy atom. The second kappa shape index (κ2) is 6.65. The number of ether oxygens (including phenoxy) is 2. The molecule has 0 atom stereocenters. The first kappa shape index (κ1) is 16.4. The maximum Gasteiger partial charge on any atom is 0.273 e. The summed E-state index contributed by atoms with van der Waals surface area (Å²) in [6.07, 6.45) is 0. The third-order valence-corrected chi connectivity index (χ3v) is 5.50. The molecule has 0 N–H and O–H groups in total. The van der Waals surface area contributed by atoms with Crippen molar-refractivity contribution in [3.63, 3.8) is 0 Å². The molecule has 0 spiro atoms. The lowest BCUT2D eigenvalue weighted by atomic mass is 10.1. The number of carbonyl (C=O) groups is 1. The van der Waals surface area contributed by atoms with Crippen LogP contribution in [0, 0.1) is 13.8 Å². The topological polar surface area (TPSA) is 54.9 Å². The van der Waals surface area contributed by atoms with E-state index in [1.165, 1.54) is 5.56 Å². The lowest BCUT2D eigenvalue weighted by Gasteiger charge is -2.34. The van der Waals surface area contributed by atoms with Crippen molar-refractivity contribution >= 4 is 17.2 Å². The molecule has 2 aliphatic rings. The summed E-state index contributed by atoms with van der Waals surface area (Å²) in [5.74, 6) is 1.69. The summed E-state index contributed by atoms with van der Waals surface area (Å²) in [7, 11) is 0. The van der Waals surface area contributed by atoms with Crippen molar-refractivity contribution in [2.24, 2.45) is 0 Å². The summed E-state index contributed by atoms with van der Waals surface area (Å²) in [6, 6.07) is 6.08. The minimum Gasteiger partial charge on any atom is -0.454 e. The first-order valence-corrected chi connectivity index (χ1v) is 9.26. The molecule has 2 aromatic rings. The lowest BCUT2D eigenvalue weighted by molar-refractivity contribution is 0.0622. The van der Waals surface area contributed by atoms with Crippen molar-refractivity contribution in [3.05, 3.63) is 39.3 Å². The van der Waals surface area contributed by atoms with Crippen molar-refractivity contribution in [1.82, 2.24) is 14.8 Å². The number of rotatable bonds is 3. The zero-order valence-electron chi connectivity index (χ0n) is 14.4. The van der Waals surface area contributed by atoms with Crippen molar-refractivity contribution in [2.75, 3.05) is 33.0 Å². The van der Waals surface area contributed by atoms with Crippen molar-refractivity contribution in [3.8, 4) is 11.5 Å². The van der Waals surface area contributed by atoms with Gasteiger partial charge in [0.25, 0.3) is 5.91 Å². The zero-order valence-corrected chi connectivity index (χ0v) is 15.3. The molecule has 0 saturated carbocycles. The minimum absolute atomic E-state index is 0.0598. The number of thiazole rings is 1. The van der Waals surface area contributed by atoms with Crippen LogP contribution in [-0.4, -0.2) is 53.7 Å². The summed E-state index contributed by atoms with van der Waals surface area (Å²) in [5.41, 5.74) is 1.82. The molecule has 0 aliphatic carbocycles. The SMILES string of the molecule is Cc1nc(C(=O)N2CCN(Cc3ccc4c(c3)OCO4)CC2)c(C)s1. The van der Waals surface area contributed by atoms with Crippen LogP contribution < -0.4 is 9.47 Å². The fraction of sp³-hybridized carbons (Fsp3) is 0.444. The van der Waals surface area contributed by atoms with E-state index in [0.717, 1.165) is 54.1 Å². The van der Waals surface area contributed by atoms with E-state index >= 15 is 0 Å². The lowest BCUT2D eigenvalue weighted by Crippen LogP contribution is -2.48. The Morgan fingerprint density at radius 3 is 2.64 bits per heavy atom. The molecule has 1 amide bonds. The summed E-state index contributed by atoms with van der Waals surface area (Å²) in [5, 5.41) is 0.947. The second-order valence-electron chi connectivity index (χ2n) is 6.39. The van der Waals surface area contributed by atoms with Crippen molar-refractivity contribution in [2.45, 2.75) is 20.4 Å². The van der Waals surface area contributed by atoms with Gasteiger partial charge in [-0.2, -0.15) is 0 Å². The summed E-state index contributed by atoms with van der Waals surface area (Å²) in [6.45, 7) is 8.26. The van der Waals surface area contributed by atoms with Gasteiger partial charge in [-0.05, 0) is 31.5 Å². The van der Waals surface area contributed by atoms with Crippen LogP contribution in [0.1, 0.15) is 25.9 Å². The fourth-order valence-electron chi connectivity index (χ4n) is 3.28. The highest BCUT2D eigenvalue weighted by atomic mass is 32.1. The Labute approximate surface area is 151 Å². The van der Waals surface area contributed by atoms with Crippen LogP contribution in [0.5, 0.6) is 11.5 Å². The van der Waals surface area contributed by atoms with Crippen LogP contribution in [0.4, 0.5) is 0 Å². The van der Waals surface area contributed by atoms with Gasteiger partial charge in [0.15, 0.2) is 11.5 Å². The second-order valence-corrected chi connectivity index (χ2v) is 7.80. The van der Waals surface area contributed by atoms with Gasteiger partial charge in [0.2, 0.25) is 6.79 Å². The van der Waals surface area contributed by atoms with E-state index in [-0.39, 0.29) is 5.91 Å². The summed E-state index contributed by atoms with van der Waals surface area (Å²) < 4.78 is 10.8. The third-order valence-electron chi connectivity index (χ3n) is 4.61. The summed E-state index contributed by atoms with van der Waals surface area (Å²) >= 11 is 1.58. The Balaban J connectivity index is 1.35. The molecule has 1 saturated heterocycles. The van der Waals surface area contributed by atoms with E-state index in [1.807, 2.05) is 30.9 Å². The van der Waals surface area contributed by atoms with Gasteiger partial charge in [-0.1, -0.05) is 6.07 Å². The molecule has 0 unspecified atom stereocenters. The zero-order chi connectivity index (χ0) is 17.4. The standard InChI is InChI=1S/C18H21N3O3S/c1-12-17(19-13(2)25-12)18(22)21-7-5-20(6-8-21)10-14-3-4-15-16(9-14)24-11-23-15/h3-4,9H,5-8,10-11H2,1-2H3. The molecule has 1 aromatic heterocycles. The monoisotopic (exact) mass is 359 g/mol. The van der Waals surface area contributed by atoms with Gasteiger partial charge >= 0.3 is 0 Å². The van der Waals surface area contributed by atoms with Crippen LogP contribution in [0.25, 0.3) is 0 Å². The highest BCUT2D eigenvalue weighted by Crippen LogP contribution is 2.32. The largest absolute Gasteiger partial charge is 0.454 e. The van der Waals surface area contributed by atoms with E-state index in [2.05, 4.69) is 16.0 Å². The Kier molecular flexibility index (Phi) is 4.35. The third kappa shape index (κ3) is 3.34. The van der Waals surface area contributed by atoms with Gasteiger partial charge in [-0.25, -0.2) is 4.98 Å². The molecule has 3 heterocycles. The van der Waals surface area contributed by atoms with Crippen LogP contribution >= 0.6 is 11.3 Å². The molecular formula is C18H21N3O3S. The minimum atomic E-state index is 0.0598. The van der Waals surface area contributed by atoms with Crippen LogP contribution in [-0.2, 0) is 6.54 Å². The number of aromatic nitrogens is 1. The average molecular weight is 359 g/mol. The van der Waals surface area contributed by atoms with Crippen molar-refractivity contribution in [1.29, 1.82) is 0 Å². The molecule has 7 heteroatoms. The normalized spacial score (nSPS) is 17.1. The van der Waals surface area contributed by atoms with E-state index in [9.17, 15) is 4.79 Å². The molecule has 0 bridgehead atoms. The highest BCUT2D eigenvalue weighted by molar-refractivity contribution is 7.11. The predicted octanol–water partition coefficient (Wildman–Crippen LogP) is 2.45. The Morgan fingerprint density at radius 2 is 1.92 bits per heavy atom. The van der Waals surface area contributed by atoms with E-state index in [4.69, 9.17) is 9.47 Å². The highest BCUT2D eigenvalue weighted by Gasteiger charge is 2.25. The van der Waals surface area contributed by atoms with Gasteiger partial charge in [0.1, 0.15) is 5.69 Å². The molecular weight excluding hydrogens is 338 g/mol. The molecule has 25 heavy (non-hydrogen) atoms. The number of hydrogen-bond acceptors (Lipinski definition) is 6. The number of carbonyl (C=O) groups excluding carboxylic acids is 1. The van der Waals surface area contributed by atoms with Crippen LogP contribution in [0.2, 0.25) is 0 Å². The first-order valence-electron chi connectivity index (χ1n) is 8.44. The predicted molar refractivity (Wildman–Crippen MR) is 95.3 cm³/mol. The maximum atomic E-state index is 12.6. The van der Waals surface area contributed by atoms with Crippen LogP contribution in [0.3, 0.4) is 0 Å². The molecule has 2 aliphatic heterocycles. The van der Waals surface area contributed by atoms with E-state index < -0.39 is 0 Å². The molecule has 1 fully saturated rings. The van der Waals surface area contributed by atoms with Crippen LogP contribution in [0.15, 0.2) is 18.2 Å². The van der Waals surface area contributed by atoms with Gasteiger partial charge < -0.3 is 14.4 Å². The molecule has 4 rings (SSSR count). The maximum absolute atomic E-state index is 12.6. The molecule has 6 nitrogen and oxygen atoms in total. The molecule has 132 valence electrons. The number of piperazine rings is 1.